The Balaban J connectivity index is 0.000000590. The number of unbranched alkanes of at least 4 members (excludes halogenated alkanes) is 5. The zero-order chi connectivity index (χ0) is 23.4. The summed E-state index contributed by atoms with van der Waals surface area (Å²) < 4.78 is 6.16. The van der Waals surface area contributed by atoms with Gasteiger partial charge in [0.2, 0.25) is 0 Å². The maximum atomic E-state index is 10.5. The summed E-state index contributed by atoms with van der Waals surface area (Å²) >= 11 is 0. The van der Waals surface area contributed by atoms with E-state index in [1.54, 1.807) is 12.1 Å². The second-order valence-electron chi connectivity index (χ2n) is 8.79. The highest BCUT2D eigenvalue weighted by molar-refractivity contribution is 6.31. The third-order valence-corrected chi connectivity index (χ3v) is 5.94. The molecule has 0 bridgehead atoms. The molecule has 0 fully saturated rings. The first-order valence-corrected chi connectivity index (χ1v) is 12.9. The molecule has 0 radical (unpaired) electrons. The van der Waals surface area contributed by atoms with E-state index in [0.29, 0.717) is 5.75 Å². The SMILES string of the molecule is CCCC[N+](CCCC)(CCCC)CCCC.CCCCc1ccccc1OB([O-])O. The topological polar surface area (TPSA) is 52.5 Å². The zero-order valence-corrected chi connectivity index (χ0v) is 21.2. The van der Waals surface area contributed by atoms with Crippen LogP contribution in [0.3, 0.4) is 0 Å². The molecule has 0 aromatic heterocycles. The molecule has 1 N–H and O–H groups in total. The van der Waals surface area contributed by atoms with E-state index < -0.39 is 7.32 Å². The normalized spacial score (nSPS) is 11.1. The number of para-hydroxylation sites is 1. The minimum Gasteiger partial charge on any atom is -0.820 e. The molecule has 0 saturated carbocycles. The lowest BCUT2D eigenvalue weighted by molar-refractivity contribution is -0.929. The van der Waals surface area contributed by atoms with Crippen LogP contribution in [0.1, 0.15) is 104 Å². The van der Waals surface area contributed by atoms with E-state index in [1.807, 2.05) is 12.1 Å². The summed E-state index contributed by atoms with van der Waals surface area (Å²) in [5.74, 6) is 0.489. The van der Waals surface area contributed by atoms with Crippen molar-refractivity contribution in [3.05, 3.63) is 29.8 Å². The number of benzene rings is 1. The number of nitrogens with zero attached hydrogens (tertiary/aromatic N) is 1. The van der Waals surface area contributed by atoms with Crippen molar-refractivity contribution in [2.24, 2.45) is 0 Å². The van der Waals surface area contributed by atoms with Gasteiger partial charge in [0, 0.05) is 0 Å². The van der Waals surface area contributed by atoms with E-state index in [2.05, 4.69) is 34.6 Å². The van der Waals surface area contributed by atoms with Gasteiger partial charge >= 0.3 is 7.32 Å². The maximum absolute atomic E-state index is 10.5. The zero-order valence-electron chi connectivity index (χ0n) is 21.2. The van der Waals surface area contributed by atoms with Crippen molar-refractivity contribution in [3.63, 3.8) is 0 Å². The molecule has 1 aromatic rings. The van der Waals surface area contributed by atoms with E-state index in [4.69, 9.17) is 9.68 Å². The molecule has 0 unspecified atom stereocenters. The van der Waals surface area contributed by atoms with Crippen molar-refractivity contribution in [2.75, 3.05) is 26.2 Å². The number of hydrogen-bond donors (Lipinski definition) is 1. The van der Waals surface area contributed by atoms with Crippen molar-refractivity contribution in [1.82, 2.24) is 0 Å². The van der Waals surface area contributed by atoms with Gasteiger partial charge in [-0.25, -0.2) is 0 Å². The van der Waals surface area contributed by atoms with Crippen molar-refractivity contribution < 1.29 is 19.2 Å². The maximum Gasteiger partial charge on any atom is 0.415 e. The fourth-order valence-electron chi connectivity index (χ4n) is 3.95. The Kier molecular flexibility index (Phi) is 19.0. The van der Waals surface area contributed by atoms with Crippen molar-refractivity contribution in [2.45, 2.75) is 105 Å². The van der Waals surface area contributed by atoms with Gasteiger partial charge in [0.15, 0.2) is 0 Å². The molecule has 0 heterocycles. The molecule has 4 nitrogen and oxygen atoms in total. The van der Waals surface area contributed by atoms with Crippen LogP contribution in [-0.4, -0.2) is 43.0 Å². The molecule has 0 aliphatic carbocycles. The van der Waals surface area contributed by atoms with Gasteiger partial charge in [0.05, 0.1) is 26.2 Å². The van der Waals surface area contributed by atoms with Crippen LogP contribution < -0.4 is 9.68 Å². The average Bonchev–Trinajstić information content (AvgIpc) is 2.77. The van der Waals surface area contributed by atoms with Crippen molar-refractivity contribution in [3.8, 4) is 5.75 Å². The summed E-state index contributed by atoms with van der Waals surface area (Å²) in [5.41, 5.74) is 0.976. The van der Waals surface area contributed by atoms with Gasteiger partial charge in [-0.2, -0.15) is 0 Å². The molecule has 0 atom stereocenters. The molecule has 0 amide bonds. The average molecular weight is 436 g/mol. The lowest BCUT2D eigenvalue weighted by Gasteiger charge is -2.39. The number of rotatable bonds is 17. The van der Waals surface area contributed by atoms with E-state index in [0.717, 1.165) is 24.8 Å². The van der Waals surface area contributed by atoms with E-state index in [9.17, 15) is 5.02 Å². The highest BCUT2D eigenvalue weighted by Crippen LogP contribution is 2.20. The third kappa shape index (κ3) is 14.6. The third-order valence-electron chi connectivity index (χ3n) is 5.94. The first-order valence-electron chi connectivity index (χ1n) is 12.9. The Hall–Kier alpha value is -1.04. The summed E-state index contributed by atoms with van der Waals surface area (Å²) in [7, 11) is -1.99. The quantitative estimate of drug-likeness (QED) is 0.250. The van der Waals surface area contributed by atoms with Crippen LogP contribution in [0.25, 0.3) is 0 Å². The monoisotopic (exact) mass is 435 g/mol. The van der Waals surface area contributed by atoms with Crippen LogP contribution >= 0.6 is 0 Å². The van der Waals surface area contributed by atoms with Gasteiger partial charge in [0.25, 0.3) is 0 Å². The number of quaternary nitrogens is 1. The van der Waals surface area contributed by atoms with Crippen LogP contribution in [-0.2, 0) is 6.42 Å². The highest BCUT2D eigenvalue weighted by Gasteiger charge is 2.24. The van der Waals surface area contributed by atoms with Gasteiger partial charge in [-0.3, -0.25) is 0 Å². The van der Waals surface area contributed by atoms with Crippen LogP contribution in [0.5, 0.6) is 5.75 Å². The van der Waals surface area contributed by atoms with E-state index in [1.165, 1.54) is 82.0 Å². The minimum atomic E-state index is -1.99. The predicted molar refractivity (Wildman–Crippen MR) is 133 cm³/mol. The van der Waals surface area contributed by atoms with Crippen LogP contribution in [0.15, 0.2) is 24.3 Å². The molecule has 180 valence electrons. The fourth-order valence-corrected chi connectivity index (χ4v) is 3.95. The summed E-state index contributed by atoms with van der Waals surface area (Å²) in [4.78, 5) is 0. The van der Waals surface area contributed by atoms with Crippen LogP contribution in [0.4, 0.5) is 0 Å². The molecule has 0 saturated heterocycles. The number of hydrogen-bond acceptors (Lipinski definition) is 3. The largest absolute Gasteiger partial charge is 0.820 e. The predicted octanol–water partition coefficient (Wildman–Crippen LogP) is 5.75. The molecule has 0 spiro atoms. The van der Waals surface area contributed by atoms with Gasteiger partial charge in [0.1, 0.15) is 5.75 Å². The lowest BCUT2D eigenvalue weighted by Crippen LogP contribution is -2.50. The molecule has 31 heavy (non-hydrogen) atoms. The first kappa shape index (κ1) is 30.0. The van der Waals surface area contributed by atoms with E-state index >= 15 is 0 Å². The lowest BCUT2D eigenvalue weighted by atomic mass is 10.1. The molecule has 5 heteroatoms. The van der Waals surface area contributed by atoms with Gasteiger partial charge < -0.3 is 19.2 Å². The Morgan fingerprint density at radius 2 is 1.16 bits per heavy atom. The summed E-state index contributed by atoms with van der Waals surface area (Å²) in [5, 5.41) is 19.0. The van der Waals surface area contributed by atoms with Crippen molar-refractivity contribution in [1.29, 1.82) is 0 Å². The molecule has 1 aromatic carbocycles. The highest BCUT2D eigenvalue weighted by atomic mass is 16.6. The Morgan fingerprint density at radius 3 is 1.55 bits per heavy atom. The second kappa shape index (κ2) is 19.6. The van der Waals surface area contributed by atoms with Crippen molar-refractivity contribution >= 4 is 7.32 Å². The Bertz CT molecular complexity index is 488. The van der Waals surface area contributed by atoms with Gasteiger partial charge in [-0.15, -0.1) is 0 Å². The van der Waals surface area contributed by atoms with E-state index in [-0.39, 0.29) is 0 Å². The molecule has 0 aliphatic rings. The molecule has 0 aliphatic heterocycles. The Morgan fingerprint density at radius 1 is 0.742 bits per heavy atom. The first-order chi connectivity index (χ1) is 15.0. The smallest absolute Gasteiger partial charge is 0.415 e. The molecule has 1 rings (SSSR count). The fraction of sp³-hybridized carbons (Fsp3) is 0.769. The summed E-state index contributed by atoms with van der Waals surface area (Å²) in [6.45, 7) is 17.1. The summed E-state index contributed by atoms with van der Waals surface area (Å²) in [6, 6.07) is 7.29. The molecular weight excluding hydrogens is 385 g/mol. The van der Waals surface area contributed by atoms with Gasteiger partial charge in [-0.1, -0.05) is 84.9 Å². The van der Waals surface area contributed by atoms with Crippen LogP contribution in [0, 0.1) is 0 Å². The van der Waals surface area contributed by atoms with Gasteiger partial charge in [-0.05, 0) is 50.2 Å². The van der Waals surface area contributed by atoms with Crippen LogP contribution in [0.2, 0.25) is 0 Å². The minimum absolute atomic E-state index is 0.489. The molecular formula is C26H50BNO3. The Labute approximate surface area is 193 Å². The second-order valence-corrected chi connectivity index (χ2v) is 8.79. The summed E-state index contributed by atoms with van der Waals surface area (Å²) in [6.07, 6.45) is 14.1. The number of aryl methyl sites for hydroxylation is 1. The standard InChI is InChI=1S/C16H36N.C10H14BO3/c1-5-9-13-17(14-10-6-2,15-11-7-3)16-12-8-4;1-2-3-6-9-7-4-5-8-10(9)14-11(12)13/h5-16H2,1-4H3;4-5,7-8,12H,2-3,6H2,1H3/q+1;-1.